The van der Waals surface area contributed by atoms with Crippen molar-refractivity contribution < 1.29 is 4.79 Å². The van der Waals surface area contributed by atoms with Crippen LogP contribution in [0.2, 0.25) is 5.02 Å². The first-order valence-electron chi connectivity index (χ1n) is 7.47. The highest BCUT2D eigenvalue weighted by molar-refractivity contribution is 6.33. The van der Waals surface area contributed by atoms with Gasteiger partial charge in [0.1, 0.15) is 0 Å². The van der Waals surface area contributed by atoms with Crippen molar-refractivity contribution in [2.24, 2.45) is 0 Å². The average Bonchev–Trinajstić information content (AvgIpc) is 2.50. The smallest absolute Gasteiger partial charge is 0.228 e. The summed E-state index contributed by atoms with van der Waals surface area (Å²) in [4.78, 5) is 14.2. The number of hydrogen-bond donors (Lipinski definition) is 1. The van der Waals surface area contributed by atoms with Gasteiger partial charge in [0.15, 0.2) is 0 Å². The van der Waals surface area contributed by atoms with E-state index in [1.54, 1.807) is 4.90 Å². The Morgan fingerprint density at radius 2 is 1.95 bits per heavy atom. The van der Waals surface area contributed by atoms with Crippen LogP contribution in [0.15, 0.2) is 48.5 Å². The molecule has 0 aliphatic carbocycles. The number of amides is 1. The second kappa shape index (κ2) is 7.85. The highest BCUT2D eigenvalue weighted by Gasteiger charge is 2.13. The second-order valence-electron chi connectivity index (χ2n) is 5.13. The Labute approximate surface area is 136 Å². The molecule has 0 atom stereocenters. The Morgan fingerprint density at radius 3 is 2.64 bits per heavy atom. The first kappa shape index (κ1) is 16.4. The lowest BCUT2D eigenvalue weighted by atomic mass is 10.2. The molecule has 0 saturated heterocycles. The van der Waals surface area contributed by atoms with Crippen LogP contribution >= 0.6 is 11.6 Å². The third-order valence-corrected chi connectivity index (χ3v) is 3.79. The maximum absolute atomic E-state index is 12.4. The molecule has 0 spiro atoms. The van der Waals surface area contributed by atoms with E-state index in [-0.39, 0.29) is 5.91 Å². The normalized spacial score (nSPS) is 10.3. The summed E-state index contributed by atoms with van der Waals surface area (Å²) in [5.41, 5.74) is 2.96. The average molecular weight is 317 g/mol. The van der Waals surface area contributed by atoms with Crippen LogP contribution in [0, 0.1) is 6.92 Å². The van der Waals surface area contributed by atoms with Gasteiger partial charge in [0.05, 0.1) is 10.7 Å². The first-order valence-corrected chi connectivity index (χ1v) is 7.85. The molecule has 1 amide bonds. The Hall–Kier alpha value is -2.00. The second-order valence-corrected chi connectivity index (χ2v) is 5.54. The van der Waals surface area contributed by atoms with E-state index in [2.05, 4.69) is 5.32 Å². The lowest BCUT2D eigenvalue weighted by molar-refractivity contribution is -0.118. The fourth-order valence-corrected chi connectivity index (χ4v) is 2.54. The number of para-hydroxylation sites is 1. The quantitative estimate of drug-likeness (QED) is 0.850. The number of nitrogens with zero attached hydrogens (tertiary/aromatic N) is 1. The van der Waals surface area contributed by atoms with Crippen LogP contribution in [-0.2, 0) is 4.79 Å². The summed E-state index contributed by atoms with van der Waals surface area (Å²) in [6, 6.07) is 15.5. The van der Waals surface area contributed by atoms with Crippen LogP contribution < -0.4 is 10.2 Å². The van der Waals surface area contributed by atoms with Gasteiger partial charge in [0, 0.05) is 25.2 Å². The van der Waals surface area contributed by atoms with Gasteiger partial charge < -0.3 is 10.2 Å². The fourth-order valence-electron chi connectivity index (χ4n) is 2.34. The van der Waals surface area contributed by atoms with Crippen LogP contribution in [0.3, 0.4) is 0 Å². The number of hydrogen-bond acceptors (Lipinski definition) is 2. The fraction of sp³-hybridized carbons (Fsp3) is 0.278. The number of nitrogens with one attached hydrogen (secondary N) is 1. The molecule has 2 rings (SSSR count). The maximum atomic E-state index is 12.4. The van der Waals surface area contributed by atoms with Crippen LogP contribution in [0.5, 0.6) is 0 Å². The van der Waals surface area contributed by atoms with Gasteiger partial charge in [0.2, 0.25) is 5.91 Å². The van der Waals surface area contributed by atoms with Crippen molar-refractivity contribution in [3.63, 3.8) is 0 Å². The molecule has 0 aliphatic heterocycles. The molecule has 0 heterocycles. The number of rotatable bonds is 6. The predicted molar refractivity (Wildman–Crippen MR) is 93.8 cm³/mol. The summed E-state index contributed by atoms with van der Waals surface area (Å²) >= 11 is 6.08. The van der Waals surface area contributed by atoms with E-state index >= 15 is 0 Å². The molecule has 3 nitrogen and oxygen atoms in total. The molecule has 1 N–H and O–H groups in total. The van der Waals surface area contributed by atoms with Gasteiger partial charge in [-0.2, -0.15) is 0 Å². The molecule has 0 radical (unpaired) electrons. The zero-order valence-electron chi connectivity index (χ0n) is 13.0. The molecule has 0 saturated carbocycles. The monoisotopic (exact) mass is 316 g/mol. The lowest BCUT2D eigenvalue weighted by Crippen LogP contribution is -2.31. The Bertz CT molecular complexity index is 642. The third kappa shape index (κ3) is 4.25. The van der Waals surface area contributed by atoms with Crippen molar-refractivity contribution in [3.8, 4) is 0 Å². The number of aryl methyl sites for hydroxylation is 1. The molecule has 116 valence electrons. The minimum atomic E-state index is 0.104. The highest BCUT2D eigenvalue weighted by Crippen LogP contribution is 2.21. The zero-order chi connectivity index (χ0) is 15.9. The van der Waals surface area contributed by atoms with E-state index in [1.165, 1.54) is 0 Å². The van der Waals surface area contributed by atoms with Crippen molar-refractivity contribution in [1.82, 2.24) is 0 Å². The molecule has 22 heavy (non-hydrogen) atoms. The third-order valence-electron chi connectivity index (χ3n) is 3.46. The summed E-state index contributed by atoms with van der Waals surface area (Å²) < 4.78 is 0. The number of benzene rings is 2. The number of anilines is 2. The molecule has 0 bridgehead atoms. The molecular weight excluding hydrogens is 296 g/mol. The topological polar surface area (TPSA) is 32.3 Å². The minimum absolute atomic E-state index is 0.104. The molecule has 0 unspecified atom stereocenters. The molecule has 0 aromatic heterocycles. The number of carbonyl (C=O) groups excluding carboxylic acids is 1. The Morgan fingerprint density at radius 1 is 1.18 bits per heavy atom. The van der Waals surface area contributed by atoms with E-state index in [9.17, 15) is 4.79 Å². The first-order chi connectivity index (χ1) is 10.6. The van der Waals surface area contributed by atoms with Crippen molar-refractivity contribution >= 4 is 28.9 Å². The summed E-state index contributed by atoms with van der Waals surface area (Å²) in [5, 5.41) is 3.87. The molecule has 0 fully saturated rings. The molecule has 4 heteroatoms. The van der Waals surface area contributed by atoms with E-state index in [0.717, 1.165) is 16.9 Å². The molecule has 2 aromatic carbocycles. The van der Waals surface area contributed by atoms with Gasteiger partial charge in [-0.3, -0.25) is 4.79 Å². The molecular formula is C18H21ClN2O. The van der Waals surface area contributed by atoms with E-state index in [4.69, 9.17) is 11.6 Å². The summed E-state index contributed by atoms with van der Waals surface area (Å²) in [7, 11) is 0. The molecule has 2 aromatic rings. The summed E-state index contributed by atoms with van der Waals surface area (Å²) in [6.45, 7) is 5.24. The van der Waals surface area contributed by atoms with Crippen LogP contribution in [0.25, 0.3) is 0 Å². The van der Waals surface area contributed by atoms with Gasteiger partial charge >= 0.3 is 0 Å². The van der Waals surface area contributed by atoms with Crippen molar-refractivity contribution in [2.75, 3.05) is 23.3 Å². The van der Waals surface area contributed by atoms with Crippen molar-refractivity contribution in [3.05, 3.63) is 59.1 Å². The summed E-state index contributed by atoms with van der Waals surface area (Å²) in [6.07, 6.45) is 0.424. The van der Waals surface area contributed by atoms with Crippen LogP contribution in [-0.4, -0.2) is 19.0 Å². The van der Waals surface area contributed by atoms with Gasteiger partial charge in [0.25, 0.3) is 0 Å². The molecule has 0 aliphatic rings. The van der Waals surface area contributed by atoms with E-state index < -0.39 is 0 Å². The number of halogens is 1. The SMILES string of the molecule is CCN(C(=O)CCNc1ccccc1Cl)c1cccc(C)c1. The van der Waals surface area contributed by atoms with Gasteiger partial charge in [-0.15, -0.1) is 0 Å². The van der Waals surface area contributed by atoms with Crippen molar-refractivity contribution in [1.29, 1.82) is 0 Å². The summed E-state index contributed by atoms with van der Waals surface area (Å²) in [5.74, 6) is 0.104. The largest absolute Gasteiger partial charge is 0.383 e. The number of carbonyl (C=O) groups is 1. The van der Waals surface area contributed by atoms with Crippen LogP contribution in [0.1, 0.15) is 18.9 Å². The Kier molecular flexibility index (Phi) is 5.84. The zero-order valence-corrected chi connectivity index (χ0v) is 13.7. The van der Waals surface area contributed by atoms with Crippen LogP contribution in [0.4, 0.5) is 11.4 Å². The Balaban J connectivity index is 1.94. The maximum Gasteiger partial charge on any atom is 0.228 e. The van der Waals surface area contributed by atoms with Gasteiger partial charge in [-0.25, -0.2) is 0 Å². The van der Waals surface area contributed by atoms with E-state index in [0.29, 0.717) is 24.5 Å². The van der Waals surface area contributed by atoms with Gasteiger partial charge in [-0.05, 0) is 43.7 Å². The predicted octanol–water partition coefficient (Wildman–Crippen LogP) is 4.50. The minimum Gasteiger partial charge on any atom is -0.383 e. The van der Waals surface area contributed by atoms with Crippen molar-refractivity contribution in [2.45, 2.75) is 20.3 Å². The van der Waals surface area contributed by atoms with Gasteiger partial charge in [-0.1, -0.05) is 35.9 Å². The lowest BCUT2D eigenvalue weighted by Gasteiger charge is -2.21. The standard InChI is InChI=1S/C18H21ClN2O/c1-3-21(15-8-6-7-14(2)13-15)18(22)11-12-20-17-10-5-4-9-16(17)19/h4-10,13,20H,3,11-12H2,1-2H3. The van der Waals surface area contributed by atoms with E-state index in [1.807, 2.05) is 62.4 Å². The highest BCUT2D eigenvalue weighted by atomic mass is 35.5.